The van der Waals surface area contributed by atoms with Gasteiger partial charge < -0.3 is 35.6 Å². The summed E-state index contributed by atoms with van der Waals surface area (Å²) in [7, 11) is -2.24. The summed E-state index contributed by atoms with van der Waals surface area (Å²) < 4.78 is 8.30. The lowest BCUT2D eigenvalue weighted by Crippen LogP contribution is -2.50. The van der Waals surface area contributed by atoms with Crippen molar-refractivity contribution in [2.45, 2.75) is 39.1 Å². The first-order valence-electron chi connectivity index (χ1n) is 18.6. The molecule has 0 saturated carbocycles. The van der Waals surface area contributed by atoms with Crippen molar-refractivity contribution in [3.05, 3.63) is 129 Å². The van der Waals surface area contributed by atoms with Crippen LogP contribution in [0.4, 0.5) is 11.6 Å². The first-order valence-corrected chi connectivity index (χ1v) is 21.6. The first kappa shape index (κ1) is 34.4. The van der Waals surface area contributed by atoms with Gasteiger partial charge in [0.1, 0.15) is 33.3 Å². The molecule has 13 heteroatoms. The number of anilines is 2. The molecule has 0 atom stereocenters. The minimum Gasteiger partial charge on any atom is -0.545 e. The number of aromatic amines is 1. The van der Waals surface area contributed by atoms with Crippen LogP contribution in [0.3, 0.4) is 0 Å². The molecule has 5 heterocycles. The van der Waals surface area contributed by atoms with Gasteiger partial charge in [0.2, 0.25) is 11.8 Å². The van der Waals surface area contributed by atoms with Crippen molar-refractivity contribution < 1.29 is 24.0 Å². The highest BCUT2D eigenvalue weighted by Crippen LogP contribution is 2.43. The average molecular weight is 749 g/mol. The van der Waals surface area contributed by atoms with Gasteiger partial charge in [-0.3, -0.25) is 4.79 Å². The van der Waals surface area contributed by atoms with Gasteiger partial charge in [0, 0.05) is 48.6 Å². The van der Waals surface area contributed by atoms with Gasteiger partial charge in [0.15, 0.2) is 11.4 Å². The molecule has 2 fully saturated rings. The van der Waals surface area contributed by atoms with Crippen LogP contribution in [0.5, 0.6) is 5.88 Å². The van der Waals surface area contributed by atoms with E-state index in [0.717, 1.165) is 54.0 Å². The van der Waals surface area contributed by atoms with Crippen LogP contribution in [-0.2, 0) is 13.2 Å². The van der Waals surface area contributed by atoms with Crippen molar-refractivity contribution in [3.63, 3.8) is 0 Å². The number of imidazole rings is 1. The number of amides is 1. The second-order valence-corrected chi connectivity index (χ2v) is 19.3. The Bertz CT molecular complexity index is 2540. The maximum Gasteiger partial charge on any atom is 0.251 e. The van der Waals surface area contributed by atoms with Gasteiger partial charge in [0.05, 0.1) is 18.7 Å². The first-order chi connectivity index (χ1) is 26.6. The van der Waals surface area contributed by atoms with Crippen molar-refractivity contribution in [1.82, 2.24) is 25.3 Å². The van der Waals surface area contributed by atoms with Crippen LogP contribution in [0.25, 0.3) is 16.7 Å². The van der Waals surface area contributed by atoms with Gasteiger partial charge in [-0.15, -0.1) is 0 Å². The number of carboxylic acid groups (broad SMARTS) is 1. The monoisotopic (exact) mass is 748 g/mol. The molecule has 1 aliphatic carbocycles. The van der Waals surface area contributed by atoms with Gasteiger partial charge in [0.25, 0.3) is 5.91 Å². The van der Waals surface area contributed by atoms with E-state index in [1.54, 1.807) is 12.1 Å². The quantitative estimate of drug-likeness (QED) is 0.151. The fraction of sp³-hybridized carbons (Fsp3) is 0.238. The van der Waals surface area contributed by atoms with Crippen molar-refractivity contribution >= 4 is 59.2 Å². The van der Waals surface area contributed by atoms with E-state index in [4.69, 9.17) is 10.5 Å². The lowest BCUT2D eigenvalue weighted by atomic mass is 9.86. The number of H-pyrrole nitrogens is 1. The fourth-order valence-electron chi connectivity index (χ4n) is 7.84. The van der Waals surface area contributed by atoms with Crippen LogP contribution in [-0.4, -0.2) is 76.4 Å². The third-order valence-electron chi connectivity index (χ3n) is 11.2. The van der Waals surface area contributed by atoms with E-state index in [0.29, 0.717) is 28.2 Å². The van der Waals surface area contributed by atoms with Crippen molar-refractivity contribution in [2.75, 3.05) is 36.8 Å². The van der Waals surface area contributed by atoms with Crippen LogP contribution in [0.2, 0.25) is 13.1 Å². The van der Waals surface area contributed by atoms with Crippen LogP contribution in [0, 0.1) is 0 Å². The zero-order chi connectivity index (χ0) is 37.8. The molecule has 4 N–H and O–H groups in total. The van der Waals surface area contributed by atoms with E-state index >= 15 is 0 Å². The molecule has 2 saturated heterocycles. The summed E-state index contributed by atoms with van der Waals surface area (Å²) in [4.78, 5) is 44.2. The Morgan fingerprint density at radius 1 is 0.982 bits per heavy atom. The van der Waals surface area contributed by atoms with E-state index in [1.807, 2.05) is 24.3 Å². The molecule has 3 aromatic carbocycles. The molecule has 0 radical (unpaired) electrons. The Hall–Kier alpha value is -6.34. The zero-order valence-electron chi connectivity index (χ0n) is 30.7. The van der Waals surface area contributed by atoms with E-state index in [9.17, 15) is 14.7 Å². The molecule has 5 aromatic rings. The minimum absolute atomic E-state index is 0.0548. The third kappa shape index (κ3) is 6.19. The Morgan fingerprint density at radius 2 is 1.78 bits per heavy atom. The topological polar surface area (TPSA) is 165 Å². The Morgan fingerprint density at radius 3 is 2.51 bits per heavy atom. The summed E-state index contributed by atoms with van der Waals surface area (Å²) in [5, 5.41) is 18.3. The third-order valence-corrected chi connectivity index (χ3v) is 14.7. The molecule has 0 unspecified atom stereocenters. The normalized spacial score (nSPS) is 16.9. The summed E-state index contributed by atoms with van der Waals surface area (Å²) in [5.74, 6) is -1.20. The molecule has 0 spiro atoms. The number of nitrogens with zero attached hydrogens (tertiary/aromatic N) is 5. The Labute approximate surface area is 318 Å². The number of fused-ring (bicyclic) bond motifs is 3. The summed E-state index contributed by atoms with van der Waals surface area (Å²) in [5.41, 5.74) is 14.8. The van der Waals surface area contributed by atoms with E-state index < -0.39 is 14.0 Å². The van der Waals surface area contributed by atoms with Crippen LogP contribution in [0.15, 0.2) is 96.0 Å². The van der Waals surface area contributed by atoms with Crippen LogP contribution < -0.4 is 31.0 Å². The number of nitrogen functional groups attached to an aromatic ring is 1. The number of carbonyl (C=O) groups excluding carboxylic acids is 2. The highest BCUT2D eigenvalue weighted by Gasteiger charge is 2.41. The smallest absolute Gasteiger partial charge is 0.251 e. The molecular weight excluding hydrogens is 709 g/mol. The highest BCUT2D eigenvalue weighted by molar-refractivity contribution is 6.98. The second kappa shape index (κ2) is 13.5. The Balaban J connectivity index is 1.01. The number of aromatic carboxylic acids is 1. The number of nitrogens with one attached hydrogen (secondary N) is 2. The van der Waals surface area contributed by atoms with Crippen LogP contribution >= 0.6 is 0 Å². The summed E-state index contributed by atoms with van der Waals surface area (Å²) in [6.07, 6.45) is 10.5. The maximum atomic E-state index is 13.7. The number of benzene rings is 3. The molecule has 55 heavy (non-hydrogen) atoms. The predicted octanol–water partition coefficient (Wildman–Crippen LogP) is 3.64. The largest absolute Gasteiger partial charge is 0.545 e. The lowest BCUT2D eigenvalue weighted by molar-refractivity contribution is -0.582. The predicted molar refractivity (Wildman–Crippen MR) is 212 cm³/mol. The number of allylic oxidation sites excluding steroid dienone is 5. The second-order valence-electron chi connectivity index (χ2n) is 15.0. The highest BCUT2D eigenvalue weighted by atomic mass is 28.3. The number of hydrogen-bond acceptors (Lipinski definition) is 9. The lowest BCUT2D eigenvalue weighted by Gasteiger charge is -2.40. The fourth-order valence-corrected chi connectivity index (χ4v) is 10.9. The van der Waals surface area contributed by atoms with E-state index in [1.165, 1.54) is 47.0 Å². The van der Waals surface area contributed by atoms with E-state index in [-0.39, 0.29) is 30.6 Å². The van der Waals surface area contributed by atoms with Gasteiger partial charge in [-0.25, -0.2) is 9.56 Å². The van der Waals surface area contributed by atoms with Gasteiger partial charge in [-0.1, -0.05) is 49.5 Å². The molecular formula is C42H40N8O4Si. The summed E-state index contributed by atoms with van der Waals surface area (Å²) in [6.45, 7) is 9.43. The number of carbonyl (C=O) groups is 2. The number of rotatable bonds is 9. The molecule has 2 aromatic heterocycles. The Kier molecular flexibility index (Phi) is 8.45. The van der Waals surface area contributed by atoms with Crippen molar-refractivity contribution in [2.24, 2.45) is 0 Å². The van der Waals surface area contributed by atoms with Crippen LogP contribution in [0.1, 0.15) is 55.8 Å². The van der Waals surface area contributed by atoms with Crippen molar-refractivity contribution in [1.29, 1.82) is 0 Å². The number of ether oxygens (including phenoxy) is 1. The molecule has 1 amide bonds. The van der Waals surface area contributed by atoms with Gasteiger partial charge in [-0.2, -0.15) is 9.97 Å². The van der Waals surface area contributed by atoms with Gasteiger partial charge in [-0.05, 0) is 80.5 Å². The number of carboxylic acids is 1. The molecule has 12 nitrogen and oxygen atoms in total. The van der Waals surface area contributed by atoms with Gasteiger partial charge >= 0.3 is 0 Å². The standard InChI is InChI=1S/C42H40N8O4Si/c1-55(2)34-20-28(49-15-3-16-49)10-13-31(34)36(32-14-11-29(21-35(32)55)50-17-4-18-50)33-19-27(9-12-30(33)41(52)53)39(51)44-22-25-5-7-26(8-6-25)23-54-40-37-38(46-24-45-37)47-42(43)48-40/h5-14,19-21,24H,3-4,15-18,22-23H2,1-2H3,(H4-,43,44,45,46,47,48,51,52,53). The zero-order valence-corrected chi connectivity index (χ0v) is 31.7. The molecule has 4 aliphatic rings. The minimum atomic E-state index is -2.24. The average Bonchev–Trinajstić information content (AvgIpc) is 3.61. The number of hydrogen-bond donors (Lipinski definition) is 3. The van der Waals surface area contributed by atoms with E-state index in [2.05, 4.69) is 84.2 Å². The van der Waals surface area contributed by atoms with Crippen molar-refractivity contribution in [3.8, 4) is 5.88 Å². The molecule has 0 bridgehead atoms. The maximum absolute atomic E-state index is 13.7. The molecule has 9 rings (SSSR count). The molecule has 3 aliphatic heterocycles. The summed E-state index contributed by atoms with van der Waals surface area (Å²) in [6, 6.07) is 19.1. The number of nitrogens with two attached hydrogens (primary N) is 1. The summed E-state index contributed by atoms with van der Waals surface area (Å²) >= 11 is 0. The SMILES string of the molecule is C[Si]1(C)C2=CC(=[N+]3CCC3)C=CC2=C(c2cc(C(=O)NCc3ccc(COc4nc(N)nc5nc[nH]c45)cc3)ccc2C(=O)[O-])c2ccc(N3CCC3)cc21. The molecule has 276 valence electrons. The number of aromatic nitrogens is 4.